The Morgan fingerprint density at radius 2 is 2.16 bits per heavy atom. The molecule has 98 valence electrons. The first kappa shape index (κ1) is 12.3. The number of methoxy groups -OCH3 is 1. The smallest absolute Gasteiger partial charge is 0.185 e. The molecule has 3 rings (SSSR count). The monoisotopic (exact) mass is 276 g/mol. The predicted molar refractivity (Wildman–Crippen MR) is 73.1 cm³/mol. The molecule has 0 spiro atoms. The van der Waals surface area contributed by atoms with Gasteiger partial charge in [0, 0.05) is 5.56 Å². The third-order valence-corrected chi connectivity index (χ3v) is 3.64. The molecule has 0 atom stereocenters. The average Bonchev–Trinajstić information content (AvgIpc) is 3.16. The van der Waals surface area contributed by atoms with Gasteiger partial charge in [0.05, 0.1) is 12.1 Å². The summed E-state index contributed by atoms with van der Waals surface area (Å²) in [5, 5.41) is 0.607. The number of hydrogen-bond acceptors (Lipinski definition) is 3. The molecule has 0 radical (unpaired) electrons. The van der Waals surface area contributed by atoms with Crippen molar-refractivity contribution in [3.8, 4) is 17.1 Å². The minimum Gasteiger partial charge on any atom is -0.495 e. The highest BCUT2D eigenvalue weighted by molar-refractivity contribution is 6.32. The summed E-state index contributed by atoms with van der Waals surface area (Å²) in [6, 6.07) is 7.29. The molecular weight excluding hydrogens is 264 g/mol. The molecule has 1 aliphatic rings. The van der Waals surface area contributed by atoms with Gasteiger partial charge in [0.15, 0.2) is 12.0 Å². The number of rotatable bonds is 4. The minimum atomic E-state index is 0.325. The third-order valence-electron chi connectivity index (χ3n) is 3.35. The molecule has 0 unspecified atom stereocenters. The van der Waals surface area contributed by atoms with Crippen molar-refractivity contribution in [3.63, 3.8) is 0 Å². The molecule has 2 aromatic rings. The maximum absolute atomic E-state index is 10.7. The quantitative estimate of drug-likeness (QED) is 0.782. The standard InChI is InChI=1S/C15H13ClO3/c1-18-15-7-12(14-5-4-10(8-17)19-14)11(6-13(15)16)9-2-3-9/h4-9H,2-3H2,1H3. The molecular formula is C15H13ClO3. The fraction of sp³-hybridized carbons (Fsp3) is 0.267. The van der Waals surface area contributed by atoms with Crippen LogP contribution < -0.4 is 4.74 Å². The topological polar surface area (TPSA) is 39.4 Å². The van der Waals surface area contributed by atoms with Gasteiger partial charge >= 0.3 is 0 Å². The minimum absolute atomic E-state index is 0.325. The van der Waals surface area contributed by atoms with Crippen LogP contribution in [0, 0.1) is 0 Å². The molecule has 1 saturated carbocycles. The Balaban J connectivity index is 2.14. The van der Waals surface area contributed by atoms with Crippen molar-refractivity contribution in [2.45, 2.75) is 18.8 Å². The zero-order valence-electron chi connectivity index (χ0n) is 10.5. The molecule has 1 fully saturated rings. The van der Waals surface area contributed by atoms with E-state index in [2.05, 4.69) is 0 Å². The van der Waals surface area contributed by atoms with Crippen LogP contribution in [-0.2, 0) is 0 Å². The van der Waals surface area contributed by atoms with Gasteiger partial charge in [-0.2, -0.15) is 0 Å². The second-order valence-electron chi connectivity index (χ2n) is 4.67. The Kier molecular flexibility index (Phi) is 3.07. The predicted octanol–water partition coefficient (Wildman–Crippen LogP) is 4.30. The van der Waals surface area contributed by atoms with Crippen molar-refractivity contribution in [1.82, 2.24) is 0 Å². The van der Waals surface area contributed by atoms with Gasteiger partial charge in [-0.3, -0.25) is 4.79 Å². The molecule has 19 heavy (non-hydrogen) atoms. The fourth-order valence-electron chi connectivity index (χ4n) is 2.23. The number of carbonyl (C=O) groups is 1. The molecule has 1 aromatic heterocycles. The summed E-state index contributed by atoms with van der Waals surface area (Å²) in [5.74, 6) is 2.15. The van der Waals surface area contributed by atoms with Gasteiger partial charge in [-0.25, -0.2) is 0 Å². The highest BCUT2D eigenvalue weighted by Gasteiger charge is 2.28. The van der Waals surface area contributed by atoms with Crippen LogP contribution in [0.25, 0.3) is 11.3 Å². The average molecular weight is 277 g/mol. The SMILES string of the molecule is COc1cc(-c2ccc(C=O)o2)c(C2CC2)cc1Cl. The molecule has 1 aliphatic carbocycles. The van der Waals surface area contributed by atoms with Crippen LogP contribution in [0.3, 0.4) is 0 Å². The maximum atomic E-state index is 10.7. The Hall–Kier alpha value is -1.74. The van der Waals surface area contributed by atoms with Gasteiger partial charge in [-0.05, 0) is 48.6 Å². The van der Waals surface area contributed by atoms with Crippen LogP contribution in [0.1, 0.15) is 34.9 Å². The summed E-state index contributed by atoms with van der Waals surface area (Å²) in [5.41, 5.74) is 2.12. The summed E-state index contributed by atoms with van der Waals surface area (Å²) in [7, 11) is 1.58. The molecule has 1 aromatic carbocycles. The second kappa shape index (κ2) is 4.74. The van der Waals surface area contributed by atoms with E-state index in [1.54, 1.807) is 19.2 Å². The number of halogens is 1. The lowest BCUT2D eigenvalue weighted by molar-refractivity contribution is 0.110. The molecule has 0 amide bonds. The first-order valence-corrected chi connectivity index (χ1v) is 6.53. The first-order chi connectivity index (χ1) is 9.22. The van der Waals surface area contributed by atoms with Crippen molar-refractivity contribution >= 4 is 17.9 Å². The van der Waals surface area contributed by atoms with Crippen molar-refractivity contribution in [3.05, 3.63) is 40.6 Å². The summed E-state index contributed by atoms with van der Waals surface area (Å²) in [6.07, 6.45) is 3.03. The molecule has 1 heterocycles. The molecule has 4 heteroatoms. The van der Waals surface area contributed by atoms with Crippen molar-refractivity contribution in [2.75, 3.05) is 7.11 Å². The highest BCUT2D eigenvalue weighted by Crippen LogP contribution is 2.47. The first-order valence-electron chi connectivity index (χ1n) is 6.15. The fourth-order valence-corrected chi connectivity index (χ4v) is 2.48. The Morgan fingerprint density at radius 3 is 2.74 bits per heavy atom. The van der Waals surface area contributed by atoms with Gasteiger partial charge in [-0.1, -0.05) is 11.6 Å². The maximum Gasteiger partial charge on any atom is 0.185 e. The lowest BCUT2D eigenvalue weighted by Gasteiger charge is -2.11. The number of carbonyl (C=O) groups excluding carboxylic acids is 1. The van der Waals surface area contributed by atoms with E-state index >= 15 is 0 Å². The Labute approximate surface area is 116 Å². The second-order valence-corrected chi connectivity index (χ2v) is 5.08. The van der Waals surface area contributed by atoms with Crippen LogP contribution in [-0.4, -0.2) is 13.4 Å². The van der Waals surface area contributed by atoms with E-state index in [9.17, 15) is 4.79 Å². The number of furan rings is 1. The van der Waals surface area contributed by atoms with E-state index in [4.69, 9.17) is 20.8 Å². The summed E-state index contributed by atoms with van der Waals surface area (Å²) >= 11 is 6.18. The summed E-state index contributed by atoms with van der Waals surface area (Å²) in [4.78, 5) is 10.7. The van der Waals surface area contributed by atoms with Gasteiger partial charge in [0.1, 0.15) is 11.5 Å². The number of benzene rings is 1. The molecule has 3 nitrogen and oxygen atoms in total. The van der Waals surface area contributed by atoms with Crippen LogP contribution >= 0.6 is 11.6 Å². The molecule has 0 bridgehead atoms. The van der Waals surface area contributed by atoms with Gasteiger partial charge < -0.3 is 9.15 Å². The van der Waals surface area contributed by atoms with Crippen LogP contribution in [0.4, 0.5) is 0 Å². The van der Waals surface area contributed by atoms with E-state index in [1.165, 1.54) is 0 Å². The van der Waals surface area contributed by atoms with Gasteiger partial charge in [0.25, 0.3) is 0 Å². The van der Waals surface area contributed by atoms with Crippen LogP contribution in [0.15, 0.2) is 28.7 Å². The molecule has 0 saturated heterocycles. The lowest BCUT2D eigenvalue weighted by atomic mass is 10.0. The molecule has 0 N–H and O–H groups in total. The van der Waals surface area contributed by atoms with Crippen molar-refractivity contribution in [1.29, 1.82) is 0 Å². The Bertz CT molecular complexity index is 626. The third kappa shape index (κ3) is 2.26. The Morgan fingerprint density at radius 1 is 1.37 bits per heavy atom. The number of aldehydes is 1. The lowest BCUT2D eigenvalue weighted by Crippen LogP contribution is -1.91. The van der Waals surface area contributed by atoms with E-state index < -0.39 is 0 Å². The summed E-state index contributed by atoms with van der Waals surface area (Å²) < 4.78 is 10.8. The van der Waals surface area contributed by atoms with Crippen molar-refractivity contribution in [2.24, 2.45) is 0 Å². The van der Waals surface area contributed by atoms with Crippen molar-refractivity contribution < 1.29 is 13.9 Å². The van der Waals surface area contributed by atoms with E-state index in [0.29, 0.717) is 34.5 Å². The van der Waals surface area contributed by atoms with Gasteiger partial charge in [-0.15, -0.1) is 0 Å². The van der Waals surface area contributed by atoms with Gasteiger partial charge in [0.2, 0.25) is 0 Å². The summed E-state index contributed by atoms with van der Waals surface area (Å²) in [6.45, 7) is 0. The van der Waals surface area contributed by atoms with Crippen LogP contribution in [0.2, 0.25) is 5.02 Å². The zero-order chi connectivity index (χ0) is 13.4. The van der Waals surface area contributed by atoms with E-state index in [0.717, 1.165) is 24.0 Å². The van der Waals surface area contributed by atoms with E-state index in [-0.39, 0.29) is 0 Å². The highest BCUT2D eigenvalue weighted by atomic mass is 35.5. The zero-order valence-corrected chi connectivity index (χ0v) is 11.2. The van der Waals surface area contributed by atoms with E-state index in [1.807, 2.05) is 12.1 Å². The number of hydrogen-bond donors (Lipinski definition) is 0. The van der Waals surface area contributed by atoms with Crippen LogP contribution in [0.5, 0.6) is 5.75 Å². The number of ether oxygens (including phenoxy) is 1. The largest absolute Gasteiger partial charge is 0.495 e. The normalized spacial score (nSPS) is 14.4. The molecule has 0 aliphatic heterocycles.